The van der Waals surface area contributed by atoms with Crippen molar-refractivity contribution in [2.45, 2.75) is 6.04 Å². The average Bonchev–Trinajstić information content (AvgIpc) is 2.41. The Morgan fingerprint density at radius 1 is 1.00 bits per heavy atom. The van der Waals surface area contributed by atoms with Crippen LogP contribution in [0.5, 0.6) is 0 Å². The molecule has 2 nitrogen and oxygen atoms in total. The number of aromatic nitrogens is 1. The van der Waals surface area contributed by atoms with E-state index in [-0.39, 0.29) is 5.56 Å². The molecule has 0 fully saturated rings. The van der Waals surface area contributed by atoms with Crippen LogP contribution in [0.1, 0.15) is 17.2 Å². The van der Waals surface area contributed by atoms with Crippen LogP contribution in [0.2, 0.25) is 0 Å². The van der Waals surface area contributed by atoms with Crippen LogP contribution >= 0.6 is 0 Å². The van der Waals surface area contributed by atoms with Crippen molar-refractivity contribution < 1.29 is 13.2 Å². The van der Waals surface area contributed by atoms with E-state index < -0.39 is 23.5 Å². The molecule has 94 valence electrons. The first kappa shape index (κ1) is 12.6. The number of pyridine rings is 1. The van der Waals surface area contributed by atoms with E-state index in [4.69, 9.17) is 0 Å². The van der Waals surface area contributed by atoms with Gasteiger partial charge in [0, 0.05) is 18.0 Å². The van der Waals surface area contributed by atoms with Crippen LogP contribution in [0.4, 0.5) is 13.2 Å². The maximum absolute atomic E-state index is 13.7. The third-order valence-corrected chi connectivity index (χ3v) is 2.70. The van der Waals surface area contributed by atoms with Crippen LogP contribution in [-0.4, -0.2) is 12.0 Å². The van der Waals surface area contributed by atoms with E-state index >= 15 is 0 Å². The minimum absolute atomic E-state index is 0.0580. The van der Waals surface area contributed by atoms with Crippen LogP contribution in [0.15, 0.2) is 36.7 Å². The summed E-state index contributed by atoms with van der Waals surface area (Å²) in [5.74, 6) is -3.83. The van der Waals surface area contributed by atoms with Crippen molar-refractivity contribution in [3.8, 4) is 0 Å². The second-order valence-electron chi connectivity index (χ2n) is 3.77. The zero-order chi connectivity index (χ0) is 13.1. The smallest absolute Gasteiger partial charge is 0.194 e. The summed E-state index contributed by atoms with van der Waals surface area (Å²) in [5.41, 5.74) is 0.778. The van der Waals surface area contributed by atoms with Crippen LogP contribution in [0, 0.1) is 17.5 Å². The van der Waals surface area contributed by atoms with Crippen LogP contribution in [0.25, 0.3) is 0 Å². The summed E-state index contributed by atoms with van der Waals surface area (Å²) in [6, 6.07) is 4.96. The van der Waals surface area contributed by atoms with Crippen molar-refractivity contribution in [2.75, 3.05) is 7.05 Å². The first-order chi connectivity index (χ1) is 8.65. The molecule has 0 aliphatic rings. The predicted molar refractivity (Wildman–Crippen MR) is 61.5 cm³/mol. The zero-order valence-electron chi connectivity index (χ0n) is 9.62. The molecule has 0 aliphatic carbocycles. The maximum Gasteiger partial charge on any atom is 0.194 e. The molecule has 0 amide bonds. The van der Waals surface area contributed by atoms with Crippen molar-refractivity contribution in [2.24, 2.45) is 0 Å². The van der Waals surface area contributed by atoms with Gasteiger partial charge in [0.05, 0.1) is 6.04 Å². The monoisotopic (exact) mass is 252 g/mol. The summed E-state index contributed by atoms with van der Waals surface area (Å²) in [7, 11) is 1.62. The largest absolute Gasteiger partial charge is 0.309 e. The fourth-order valence-corrected chi connectivity index (χ4v) is 1.82. The van der Waals surface area contributed by atoms with Gasteiger partial charge < -0.3 is 5.32 Å². The molecular formula is C13H11F3N2. The number of rotatable bonds is 3. The Balaban J connectivity index is 2.50. The molecule has 1 aromatic heterocycles. The van der Waals surface area contributed by atoms with Gasteiger partial charge in [0.2, 0.25) is 0 Å². The van der Waals surface area contributed by atoms with Gasteiger partial charge in [-0.15, -0.1) is 0 Å². The van der Waals surface area contributed by atoms with Gasteiger partial charge in [-0.25, -0.2) is 13.2 Å². The summed E-state index contributed by atoms with van der Waals surface area (Å²) in [6.45, 7) is 0. The number of hydrogen-bond acceptors (Lipinski definition) is 2. The highest BCUT2D eigenvalue weighted by Gasteiger charge is 2.20. The van der Waals surface area contributed by atoms with Crippen molar-refractivity contribution in [3.05, 3.63) is 65.2 Å². The molecule has 0 radical (unpaired) electrons. The minimum atomic E-state index is -1.46. The van der Waals surface area contributed by atoms with E-state index in [1.807, 2.05) is 0 Å². The highest BCUT2D eigenvalue weighted by atomic mass is 19.2. The van der Waals surface area contributed by atoms with Crippen molar-refractivity contribution in [1.82, 2.24) is 10.3 Å². The SMILES string of the molecule is CNC(c1ccncc1)c1ccc(F)c(F)c1F. The average molecular weight is 252 g/mol. The molecule has 1 heterocycles. The lowest BCUT2D eigenvalue weighted by Crippen LogP contribution is -2.19. The van der Waals surface area contributed by atoms with Crippen LogP contribution in [-0.2, 0) is 0 Å². The standard InChI is InChI=1S/C13H11F3N2/c1-17-13(8-4-6-18-7-5-8)9-2-3-10(14)12(16)11(9)15/h2-7,13,17H,1H3. The lowest BCUT2D eigenvalue weighted by atomic mass is 9.99. The molecule has 2 aromatic rings. The van der Waals surface area contributed by atoms with Gasteiger partial charge in [0.15, 0.2) is 17.5 Å². The predicted octanol–water partition coefficient (Wildman–Crippen LogP) is 2.81. The summed E-state index contributed by atoms with van der Waals surface area (Å²) < 4.78 is 39.8. The first-order valence-corrected chi connectivity index (χ1v) is 5.35. The number of hydrogen-bond donors (Lipinski definition) is 1. The number of nitrogens with one attached hydrogen (secondary N) is 1. The van der Waals surface area contributed by atoms with Gasteiger partial charge in [-0.05, 0) is 30.8 Å². The molecule has 1 atom stereocenters. The third-order valence-electron chi connectivity index (χ3n) is 2.70. The molecule has 1 N–H and O–H groups in total. The van der Waals surface area contributed by atoms with Gasteiger partial charge in [-0.2, -0.15) is 0 Å². The van der Waals surface area contributed by atoms with E-state index in [9.17, 15) is 13.2 Å². The Hall–Kier alpha value is -1.88. The third kappa shape index (κ3) is 2.22. The Morgan fingerprint density at radius 2 is 1.67 bits per heavy atom. The highest BCUT2D eigenvalue weighted by Crippen LogP contribution is 2.26. The Bertz CT molecular complexity index is 543. The second kappa shape index (κ2) is 5.18. The molecule has 0 saturated heterocycles. The van der Waals surface area contributed by atoms with Gasteiger partial charge in [-0.1, -0.05) is 6.07 Å². The van der Waals surface area contributed by atoms with E-state index in [0.717, 1.165) is 11.6 Å². The van der Waals surface area contributed by atoms with Crippen molar-refractivity contribution in [3.63, 3.8) is 0 Å². The van der Waals surface area contributed by atoms with E-state index in [2.05, 4.69) is 10.3 Å². The molecule has 2 rings (SSSR count). The number of benzene rings is 1. The van der Waals surface area contributed by atoms with Crippen LogP contribution in [0.3, 0.4) is 0 Å². The van der Waals surface area contributed by atoms with Crippen molar-refractivity contribution in [1.29, 1.82) is 0 Å². The topological polar surface area (TPSA) is 24.9 Å². The highest BCUT2D eigenvalue weighted by molar-refractivity contribution is 5.32. The maximum atomic E-state index is 13.7. The molecule has 0 aliphatic heterocycles. The van der Waals surface area contributed by atoms with E-state index in [1.165, 1.54) is 6.07 Å². The fraction of sp³-hybridized carbons (Fsp3) is 0.154. The molecule has 18 heavy (non-hydrogen) atoms. The lowest BCUT2D eigenvalue weighted by molar-refractivity contribution is 0.435. The summed E-state index contributed by atoms with van der Waals surface area (Å²) in [6.07, 6.45) is 3.11. The van der Waals surface area contributed by atoms with Crippen LogP contribution < -0.4 is 5.32 Å². The van der Waals surface area contributed by atoms with Crippen molar-refractivity contribution >= 4 is 0 Å². The fourth-order valence-electron chi connectivity index (χ4n) is 1.82. The number of nitrogens with zero attached hydrogens (tertiary/aromatic N) is 1. The zero-order valence-corrected chi connectivity index (χ0v) is 9.62. The second-order valence-corrected chi connectivity index (χ2v) is 3.77. The Morgan fingerprint density at radius 3 is 2.28 bits per heavy atom. The summed E-state index contributed by atoms with van der Waals surface area (Å²) in [4.78, 5) is 3.85. The number of halogens is 3. The van der Waals surface area contributed by atoms with E-state index in [1.54, 1.807) is 31.6 Å². The Labute approximate surface area is 102 Å². The summed E-state index contributed by atoms with van der Waals surface area (Å²) in [5, 5.41) is 2.87. The summed E-state index contributed by atoms with van der Waals surface area (Å²) >= 11 is 0. The normalized spacial score (nSPS) is 12.4. The molecule has 5 heteroatoms. The molecule has 1 unspecified atom stereocenters. The van der Waals surface area contributed by atoms with Gasteiger partial charge >= 0.3 is 0 Å². The lowest BCUT2D eigenvalue weighted by Gasteiger charge is -2.18. The molecular weight excluding hydrogens is 241 g/mol. The quantitative estimate of drug-likeness (QED) is 0.850. The van der Waals surface area contributed by atoms with Gasteiger partial charge in [0.1, 0.15) is 0 Å². The van der Waals surface area contributed by atoms with E-state index in [0.29, 0.717) is 0 Å². The molecule has 0 saturated carbocycles. The Kier molecular flexibility index (Phi) is 3.62. The van der Waals surface area contributed by atoms with Gasteiger partial charge in [-0.3, -0.25) is 4.98 Å². The molecule has 1 aromatic carbocycles. The first-order valence-electron chi connectivity index (χ1n) is 5.35. The molecule has 0 bridgehead atoms. The molecule has 0 spiro atoms. The van der Waals surface area contributed by atoms with Gasteiger partial charge in [0.25, 0.3) is 0 Å². The minimum Gasteiger partial charge on any atom is -0.309 e.